The highest BCUT2D eigenvalue weighted by molar-refractivity contribution is 5.66. The number of hydrogen-bond donors (Lipinski definition) is 1. The van der Waals surface area contributed by atoms with Crippen LogP contribution < -0.4 is 10.1 Å². The molecule has 4 nitrogen and oxygen atoms in total. The Balaban J connectivity index is 2.41. The molecule has 0 aliphatic carbocycles. The van der Waals surface area contributed by atoms with E-state index in [2.05, 4.69) is 22.2 Å². The fourth-order valence-corrected chi connectivity index (χ4v) is 1.62. The number of methoxy groups -OCH3 is 1. The molecular weight excluding hydrogens is 214 g/mol. The van der Waals surface area contributed by atoms with Crippen LogP contribution in [0.15, 0.2) is 36.7 Å². The van der Waals surface area contributed by atoms with Crippen LogP contribution in [-0.2, 0) is 0 Å². The van der Waals surface area contributed by atoms with Crippen molar-refractivity contribution in [3.8, 4) is 17.1 Å². The maximum atomic E-state index is 5.28. The lowest BCUT2D eigenvalue weighted by molar-refractivity contribution is 0.414. The molecule has 2 aromatic rings. The Kier molecular flexibility index (Phi) is 3.55. The van der Waals surface area contributed by atoms with Gasteiger partial charge in [-0.3, -0.25) is 9.97 Å². The zero-order chi connectivity index (χ0) is 12.1. The Morgan fingerprint density at radius 1 is 1.24 bits per heavy atom. The summed E-state index contributed by atoms with van der Waals surface area (Å²) in [5, 5.41) is 3.25. The van der Waals surface area contributed by atoms with E-state index in [9.17, 15) is 0 Å². The largest absolute Gasteiger partial charge is 0.494 e. The summed E-state index contributed by atoms with van der Waals surface area (Å²) in [5.74, 6) is 0.730. The van der Waals surface area contributed by atoms with Gasteiger partial charge in [-0.15, -0.1) is 0 Å². The molecule has 0 spiro atoms. The normalized spacial score (nSPS) is 10.0. The minimum atomic E-state index is 0.730. The zero-order valence-electron chi connectivity index (χ0n) is 9.97. The van der Waals surface area contributed by atoms with Crippen molar-refractivity contribution in [2.24, 2.45) is 0 Å². The molecule has 0 aromatic carbocycles. The second kappa shape index (κ2) is 5.30. The Morgan fingerprint density at radius 2 is 2.12 bits per heavy atom. The summed E-state index contributed by atoms with van der Waals surface area (Å²) in [5.41, 5.74) is 2.60. The van der Waals surface area contributed by atoms with Gasteiger partial charge in [-0.2, -0.15) is 0 Å². The maximum absolute atomic E-state index is 5.28. The van der Waals surface area contributed by atoms with Gasteiger partial charge in [-0.25, -0.2) is 0 Å². The Bertz CT molecular complexity index is 500. The summed E-state index contributed by atoms with van der Waals surface area (Å²) in [4.78, 5) is 8.62. The molecule has 0 amide bonds. The molecule has 0 radical (unpaired) electrons. The summed E-state index contributed by atoms with van der Waals surface area (Å²) < 4.78 is 5.28. The van der Waals surface area contributed by atoms with Gasteiger partial charge in [0.15, 0.2) is 0 Å². The van der Waals surface area contributed by atoms with Crippen molar-refractivity contribution in [1.82, 2.24) is 9.97 Å². The van der Waals surface area contributed by atoms with Crippen molar-refractivity contribution in [3.63, 3.8) is 0 Å². The van der Waals surface area contributed by atoms with E-state index in [1.165, 1.54) is 0 Å². The van der Waals surface area contributed by atoms with Crippen LogP contribution in [0.4, 0.5) is 5.69 Å². The van der Waals surface area contributed by atoms with Gasteiger partial charge >= 0.3 is 0 Å². The number of anilines is 1. The first-order valence-corrected chi connectivity index (χ1v) is 5.54. The maximum Gasteiger partial charge on any atom is 0.146 e. The molecule has 2 heterocycles. The van der Waals surface area contributed by atoms with Gasteiger partial charge in [0, 0.05) is 24.6 Å². The van der Waals surface area contributed by atoms with Crippen molar-refractivity contribution >= 4 is 5.69 Å². The van der Waals surface area contributed by atoms with Crippen molar-refractivity contribution in [1.29, 1.82) is 0 Å². The lowest BCUT2D eigenvalue weighted by atomic mass is 10.2. The predicted molar refractivity (Wildman–Crippen MR) is 68.2 cm³/mol. The van der Waals surface area contributed by atoms with Gasteiger partial charge in [0.25, 0.3) is 0 Å². The molecule has 1 N–H and O–H groups in total. The molecule has 17 heavy (non-hydrogen) atoms. The van der Waals surface area contributed by atoms with Gasteiger partial charge in [-0.05, 0) is 31.2 Å². The minimum Gasteiger partial charge on any atom is -0.494 e. The average molecular weight is 229 g/mol. The molecule has 0 saturated heterocycles. The Hall–Kier alpha value is -2.10. The summed E-state index contributed by atoms with van der Waals surface area (Å²) in [6.45, 7) is 2.93. The number of pyridine rings is 2. The molecule has 0 aliphatic rings. The highest BCUT2D eigenvalue weighted by atomic mass is 16.5. The Morgan fingerprint density at radius 3 is 2.88 bits per heavy atom. The monoisotopic (exact) mass is 229 g/mol. The number of nitrogens with one attached hydrogen (secondary N) is 1. The molecule has 0 bridgehead atoms. The zero-order valence-corrected chi connectivity index (χ0v) is 9.97. The van der Waals surface area contributed by atoms with E-state index in [4.69, 9.17) is 4.74 Å². The van der Waals surface area contributed by atoms with Crippen LogP contribution in [0.1, 0.15) is 6.92 Å². The van der Waals surface area contributed by atoms with Crippen molar-refractivity contribution in [2.75, 3.05) is 19.0 Å². The van der Waals surface area contributed by atoms with Crippen LogP contribution in [0, 0.1) is 0 Å². The SMILES string of the molecule is CCNc1ccnc(-c2ncccc2OC)c1. The average Bonchev–Trinajstić information content (AvgIpc) is 2.39. The van der Waals surface area contributed by atoms with Gasteiger partial charge in [0.1, 0.15) is 11.4 Å². The van der Waals surface area contributed by atoms with E-state index in [1.807, 2.05) is 24.3 Å². The van der Waals surface area contributed by atoms with Crippen molar-refractivity contribution in [3.05, 3.63) is 36.7 Å². The van der Waals surface area contributed by atoms with Crippen LogP contribution in [0.5, 0.6) is 5.75 Å². The number of aromatic nitrogens is 2. The van der Waals surface area contributed by atoms with E-state index in [1.54, 1.807) is 19.5 Å². The fourth-order valence-electron chi connectivity index (χ4n) is 1.62. The molecule has 2 aromatic heterocycles. The van der Waals surface area contributed by atoms with Gasteiger partial charge in [0.05, 0.1) is 12.8 Å². The standard InChI is InChI=1S/C13H15N3O/c1-3-14-10-6-8-15-11(9-10)13-12(17-2)5-4-7-16-13/h4-9H,3H2,1-2H3,(H,14,15). The highest BCUT2D eigenvalue weighted by Crippen LogP contribution is 2.26. The summed E-state index contributed by atoms with van der Waals surface area (Å²) in [7, 11) is 1.63. The van der Waals surface area contributed by atoms with Gasteiger partial charge in [0.2, 0.25) is 0 Å². The van der Waals surface area contributed by atoms with E-state index in [0.717, 1.165) is 29.4 Å². The topological polar surface area (TPSA) is 47.0 Å². The fraction of sp³-hybridized carbons (Fsp3) is 0.231. The predicted octanol–water partition coefficient (Wildman–Crippen LogP) is 2.58. The summed E-state index contributed by atoms with van der Waals surface area (Å²) in [6.07, 6.45) is 3.50. The molecule has 2 rings (SSSR count). The third-order valence-corrected chi connectivity index (χ3v) is 2.37. The van der Waals surface area contributed by atoms with E-state index < -0.39 is 0 Å². The second-order valence-electron chi connectivity index (χ2n) is 3.51. The first kappa shape index (κ1) is 11.4. The van der Waals surface area contributed by atoms with E-state index in [0.29, 0.717) is 0 Å². The molecule has 4 heteroatoms. The second-order valence-corrected chi connectivity index (χ2v) is 3.51. The quantitative estimate of drug-likeness (QED) is 0.875. The van der Waals surface area contributed by atoms with Crippen LogP contribution >= 0.6 is 0 Å². The van der Waals surface area contributed by atoms with Crippen LogP contribution in [0.25, 0.3) is 11.4 Å². The summed E-state index contributed by atoms with van der Waals surface area (Å²) in [6, 6.07) is 7.62. The van der Waals surface area contributed by atoms with E-state index in [-0.39, 0.29) is 0 Å². The lowest BCUT2D eigenvalue weighted by Gasteiger charge is -2.08. The molecular formula is C13H15N3O. The third kappa shape index (κ3) is 2.53. The van der Waals surface area contributed by atoms with Crippen LogP contribution in [0.3, 0.4) is 0 Å². The first-order valence-electron chi connectivity index (χ1n) is 5.54. The summed E-state index contributed by atoms with van der Waals surface area (Å²) >= 11 is 0. The molecule has 0 saturated carbocycles. The molecule has 0 atom stereocenters. The number of nitrogens with zero attached hydrogens (tertiary/aromatic N) is 2. The number of ether oxygens (including phenoxy) is 1. The first-order chi connectivity index (χ1) is 8.35. The minimum absolute atomic E-state index is 0.730. The number of hydrogen-bond acceptors (Lipinski definition) is 4. The van der Waals surface area contributed by atoms with Crippen molar-refractivity contribution in [2.45, 2.75) is 6.92 Å². The highest BCUT2D eigenvalue weighted by Gasteiger charge is 2.08. The van der Waals surface area contributed by atoms with E-state index >= 15 is 0 Å². The third-order valence-electron chi connectivity index (χ3n) is 2.37. The van der Waals surface area contributed by atoms with Crippen molar-refractivity contribution < 1.29 is 4.74 Å². The number of rotatable bonds is 4. The van der Waals surface area contributed by atoms with Gasteiger partial charge in [-0.1, -0.05) is 0 Å². The molecule has 88 valence electrons. The van der Waals surface area contributed by atoms with Crippen LogP contribution in [-0.4, -0.2) is 23.6 Å². The Labute approximate surface area is 101 Å². The van der Waals surface area contributed by atoms with Crippen LogP contribution in [0.2, 0.25) is 0 Å². The smallest absolute Gasteiger partial charge is 0.146 e. The molecule has 0 fully saturated rings. The molecule has 0 unspecified atom stereocenters. The molecule has 0 aliphatic heterocycles. The lowest BCUT2D eigenvalue weighted by Crippen LogP contribution is -1.98. The van der Waals surface area contributed by atoms with Gasteiger partial charge < -0.3 is 10.1 Å².